The number of hydrogen-bond acceptors (Lipinski definition) is 4. The molecule has 7 nitrogen and oxygen atoms in total. The van der Waals surface area contributed by atoms with Crippen LogP contribution in [0, 0.1) is 5.92 Å². The summed E-state index contributed by atoms with van der Waals surface area (Å²) >= 11 is 0. The maximum absolute atomic E-state index is 12.1. The topological polar surface area (TPSA) is 101 Å². The highest BCUT2D eigenvalue weighted by Crippen LogP contribution is 2.26. The molecule has 0 aromatic carbocycles. The highest BCUT2D eigenvalue weighted by atomic mass is 16.4. The lowest BCUT2D eigenvalue weighted by molar-refractivity contribution is -0.141. The van der Waals surface area contributed by atoms with Gasteiger partial charge in [-0.3, -0.25) is 9.59 Å². The van der Waals surface area contributed by atoms with E-state index in [1.54, 1.807) is 0 Å². The van der Waals surface area contributed by atoms with Gasteiger partial charge in [-0.1, -0.05) is 19.3 Å². The predicted octanol–water partition coefficient (Wildman–Crippen LogP) is 0.544. The Kier molecular flexibility index (Phi) is 4.72. The van der Waals surface area contributed by atoms with E-state index in [9.17, 15) is 19.5 Å². The van der Waals surface area contributed by atoms with Crippen LogP contribution in [0.2, 0.25) is 0 Å². The van der Waals surface area contributed by atoms with E-state index >= 15 is 0 Å². The first kappa shape index (κ1) is 15.2. The minimum Gasteiger partial charge on any atom is -0.480 e. The summed E-state index contributed by atoms with van der Waals surface area (Å²) in [6.07, 6.45) is 4.69. The van der Waals surface area contributed by atoms with E-state index in [-0.39, 0.29) is 17.2 Å². The van der Waals surface area contributed by atoms with Crippen LogP contribution in [0.1, 0.15) is 42.6 Å². The molecule has 7 heteroatoms. The zero-order chi connectivity index (χ0) is 15.4. The summed E-state index contributed by atoms with van der Waals surface area (Å²) in [6.45, 7) is 0. The Morgan fingerprint density at radius 3 is 2.57 bits per heavy atom. The Hall–Kier alpha value is -2.18. The number of rotatable bonds is 4. The first-order valence-corrected chi connectivity index (χ1v) is 7.07. The average Bonchev–Trinajstić information content (AvgIpc) is 2.48. The van der Waals surface area contributed by atoms with Crippen LogP contribution in [0.25, 0.3) is 0 Å². The molecule has 21 heavy (non-hydrogen) atoms. The molecule has 0 spiro atoms. The highest BCUT2D eigenvalue weighted by molar-refractivity contribution is 5.94. The fourth-order valence-electron chi connectivity index (χ4n) is 2.69. The number of amides is 1. The predicted molar refractivity (Wildman–Crippen MR) is 74.9 cm³/mol. The second kappa shape index (κ2) is 6.51. The standard InChI is InChI=1S/C14H19N3O4/c1-17-11(18)8-7-10(16-17)13(19)15-12(14(20)21)9-5-3-2-4-6-9/h7-9,12H,2-6H2,1H3,(H,15,19)(H,20,21). The average molecular weight is 293 g/mol. The summed E-state index contributed by atoms with van der Waals surface area (Å²) in [5.74, 6) is -1.64. The van der Waals surface area contributed by atoms with Gasteiger partial charge in [-0.15, -0.1) is 0 Å². The van der Waals surface area contributed by atoms with Gasteiger partial charge >= 0.3 is 5.97 Å². The molecule has 1 aromatic heterocycles. The fraction of sp³-hybridized carbons (Fsp3) is 0.571. The molecule has 2 rings (SSSR count). The van der Waals surface area contributed by atoms with Gasteiger partial charge in [0.2, 0.25) is 0 Å². The molecule has 1 unspecified atom stereocenters. The monoisotopic (exact) mass is 293 g/mol. The van der Waals surface area contributed by atoms with Gasteiger partial charge in [0.1, 0.15) is 11.7 Å². The van der Waals surface area contributed by atoms with E-state index in [1.165, 1.54) is 19.2 Å². The van der Waals surface area contributed by atoms with E-state index in [0.717, 1.165) is 36.8 Å². The summed E-state index contributed by atoms with van der Waals surface area (Å²) < 4.78 is 1.05. The third-order valence-electron chi connectivity index (χ3n) is 3.87. The van der Waals surface area contributed by atoms with E-state index in [2.05, 4.69) is 10.4 Å². The number of aliphatic carboxylic acids is 1. The third kappa shape index (κ3) is 3.68. The van der Waals surface area contributed by atoms with Gasteiger partial charge < -0.3 is 10.4 Å². The molecule has 1 aliphatic rings. The van der Waals surface area contributed by atoms with Crippen LogP contribution in [0.5, 0.6) is 0 Å². The Balaban J connectivity index is 2.12. The number of aryl methyl sites for hydroxylation is 1. The smallest absolute Gasteiger partial charge is 0.326 e. The molecule has 0 bridgehead atoms. The van der Waals surface area contributed by atoms with Crippen molar-refractivity contribution >= 4 is 11.9 Å². The van der Waals surface area contributed by atoms with Crippen molar-refractivity contribution in [3.63, 3.8) is 0 Å². The molecule has 1 aromatic rings. The van der Waals surface area contributed by atoms with Gasteiger partial charge in [0, 0.05) is 13.1 Å². The van der Waals surface area contributed by atoms with Crippen molar-refractivity contribution in [3.8, 4) is 0 Å². The molecule has 2 N–H and O–H groups in total. The van der Waals surface area contributed by atoms with E-state index in [0.29, 0.717) is 0 Å². The summed E-state index contributed by atoms with van der Waals surface area (Å²) in [6, 6.07) is 1.63. The van der Waals surface area contributed by atoms with Crippen LogP contribution < -0.4 is 10.9 Å². The molecule has 114 valence electrons. The highest BCUT2D eigenvalue weighted by Gasteiger charge is 2.31. The van der Waals surface area contributed by atoms with Gasteiger partial charge in [-0.2, -0.15) is 5.10 Å². The van der Waals surface area contributed by atoms with Crippen LogP contribution in [0.4, 0.5) is 0 Å². The Labute approximate surface area is 122 Å². The zero-order valence-corrected chi connectivity index (χ0v) is 11.9. The van der Waals surface area contributed by atoms with E-state index < -0.39 is 17.9 Å². The minimum atomic E-state index is -1.03. The van der Waals surface area contributed by atoms with Crippen LogP contribution in [-0.4, -0.2) is 32.8 Å². The maximum atomic E-state index is 12.1. The quantitative estimate of drug-likeness (QED) is 0.844. The second-order valence-electron chi connectivity index (χ2n) is 5.37. The van der Waals surface area contributed by atoms with E-state index in [1.807, 2.05) is 0 Å². The van der Waals surface area contributed by atoms with Crippen molar-refractivity contribution < 1.29 is 14.7 Å². The Morgan fingerprint density at radius 1 is 1.33 bits per heavy atom. The summed E-state index contributed by atoms with van der Waals surface area (Å²) in [7, 11) is 1.44. The minimum absolute atomic E-state index is 0.0409. The molecule has 1 atom stereocenters. The normalized spacial score (nSPS) is 17.2. The van der Waals surface area contributed by atoms with Crippen LogP contribution in [0.15, 0.2) is 16.9 Å². The largest absolute Gasteiger partial charge is 0.480 e. The number of nitrogens with one attached hydrogen (secondary N) is 1. The maximum Gasteiger partial charge on any atom is 0.326 e. The zero-order valence-electron chi connectivity index (χ0n) is 11.9. The molecule has 0 aliphatic heterocycles. The van der Waals surface area contributed by atoms with Crippen LogP contribution >= 0.6 is 0 Å². The van der Waals surface area contributed by atoms with Crippen molar-refractivity contribution in [1.82, 2.24) is 15.1 Å². The first-order valence-electron chi connectivity index (χ1n) is 7.07. The number of carbonyl (C=O) groups excluding carboxylic acids is 1. The lowest BCUT2D eigenvalue weighted by atomic mass is 9.84. The number of carbonyl (C=O) groups is 2. The number of hydrogen-bond donors (Lipinski definition) is 2. The molecule has 1 aliphatic carbocycles. The molecule has 1 heterocycles. The summed E-state index contributed by atoms with van der Waals surface area (Å²) in [5.41, 5.74) is -0.284. The van der Waals surface area contributed by atoms with Gasteiger partial charge in [0.15, 0.2) is 0 Å². The van der Waals surface area contributed by atoms with Gasteiger partial charge in [0.05, 0.1) is 0 Å². The molecular weight excluding hydrogens is 274 g/mol. The van der Waals surface area contributed by atoms with E-state index in [4.69, 9.17) is 0 Å². The Bertz CT molecular complexity index is 590. The molecule has 1 saturated carbocycles. The molecule has 1 amide bonds. The van der Waals surface area contributed by atoms with Gasteiger partial charge in [-0.05, 0) is 24.8 Å². The molecule has 0 radical (unpaired) electrons. The SMILES string of the molecule is Cn1nc(C(=O)NC(C(=O)O)C2CCCCC2)ccc1=O. The first-order chi connectivity index (χ1) is 9.99. The Morgan fingerprint density at radius 2 is 2.00 bits per heavy atom. The molecule has 0 saturated heterocycles. The number of nitrogens with zero attached hydrogens (tertiary/aromatic N) is 2. The van der Waals surface area contributed by atoms with Crippen molar-refractivity contribution in [1.29, 1.82) is 0 Å². The second-order valence-corrected chi connectivity index (χ2v) is 5.37. The summed E-state index contributed by atoms with van der Waals surface area (Å²) in [4.78, 5) is 34.8. The lowest BCUT2D eigenvalue weighted by Gasteiger charge is -2.27. The fourth-order valence-corrected chi connectivity index (χ4v) is 2.69. The number of carboxylic acids is 1. The van der Waals surface area contributed by atoms with Crippen molar-refractivity contribution in [2.75, 3.05) is 0 Å². The van der Waals surface area contributed by atoms with Crippen molar-refractivity contribution in [2.24, 2.45) is 13.0 Å². The lowest BCUT2D eigenvalue weighted by Crippen LogP contribution is -2.47. The molecule has 1 fully saturated rings. The number of aromatic nitrogens is 2. The number of carboxylic acid groups (broad SMARTS) is 1. The summed E-state index contributed by atoms with van der Waals surface area (Å²) in [5, 5.41) is 15.7. The van der Waals surface area contributed by atoms with Crippen LogP contribution in [-0.2, 0) is 11.8 Å². The van der Waals surface area contributed by atoms with Crippen LogP contribution in [0.3, 0.4) is 0 Å². The van der Waals surface area contributed by atoms with Crippen molar-refractivity contribution in [3.05, 3.63) is 28.2 Å². The van der Waals surface area contributed by atoms with Gasteiger partial charge in [-0.25, -0.2) is 9.48 Å². The van der Waals surface area contributed by atoms with Crippen molar-refractivity contribution in [2.45, 2.75) is 38.1 Å². The third-order valence-corrected chi connectivity index (χ3v) is 3.87. The molecular formula is C14H19N3O4. The van der Waals surface area contributed by atoms with Gasteiger partial charge in [0.25, 0.3) is 11.5 Å².